The summed E-state index contributed by atoms with van der Waals surface area (Å²) in [6.45, 7) is 6.18. The van der Waals surface area contributed by atoms with Crippen molar-refractivity contribution in [2.24, 2.45) is 0 Å². The number of nitrogens with zero attached hydrogens (tertiary/aromatic N) is 2. The van der Waals surface area contributed by atoms with E-state index in [9.17, 15) is 0 Å². The first kappa shape index (κ1) is 15.5. The molecule has 0 aliphatic rings. The first-order valence-corrected chi connectivity index (χ1v) is 7.58. The van der Waals surface area contributed by atoms with Crippen LogP contribution in [0.1, 0.15) is 25.0 Å². The van der Waals surface area contributed by atoms with Gasteiger partial charge in [0.2, 0.25) is 0 Å². The SMILES string of the molecule is CC(C)NCc1cnccc1N(C)CCc1ccccc1. The van der Waals surface area contributed by atoms with E-state index in [1.54, 1.807) is 0 Å². The second kappa shape index (κ2) is 7.79. The van der Waals surface area contributed by atoms with Crippen LogP contribution < -0.4 is 10.2 Å². The molecule has 0 saturated heterocycles. The molecule has 0 aliphatic heterocycles. The van der Waals surface area contributed by atoms with Crippen LogP contribution in [0.25, 0.3) is 0 Å². The fourth-order valence-corrected chi connectivity index (χ4v) is 2.30. The molecule has 0 aliphatic carbocycles. The van der Waals surface area contributed by atoms with E-state index in [-0.39, 0.29) is 0 Å². The Morgan fingerprint density at radius 1 is 1.14 bits per heavy atom. The van der Waals surface area contributed by atoms with Crippen LogP contribution in [-0.2, 0) is 13.0 Å². The van der Waals surface area contributed by atoms with Gasteiger partial charge in [0.1, 0.15) is 0 Å². The molecule has 1 aromatic heterocycles. The zero-order chi connectivity index (χ0) is 15.1. The summed E-state index contributed by atoms with van der Waals surface area (Å²) in [6.07, 6.45) is 4.88. The van der Waals surface area contributed by atoms with Gasteiger partial charge in [-0.1, -0.05) is 44.2 Å². The molecule has 0 saturated carbocycles. The van der Waals surface area contributed by atoms with Crippen molar-refractivity contribution in [3.05, 3.63) is 59.9 Å². The van der Waals surface area contributed by atoms with Crippen molar-refractivity contribution in [2.45, 2.75) is 32.9 Å². The number of aromatic nitrogens is 1. The maximum atomic E-state index is 4.26. The van der Waals surface area contributed by atoms with Gasteiger partial charge < -0.3 is 10.2 Å². The minimum atomic E-state index is 0.479. The Bertz CT molecular complexity index is 537. The highest BCUT2D eigenvalue weighted by Gasteiger charge is 2.08. The van der Waals surface area contributed by atoms with Crippen LogP contribution in [0.5, 0.6) is 0 Å². The number of nitrogens with one attached hydrogen (secondary N) is 1. The number of hydrogen-bond donors (Lipinski definition) is 1. The van der Waals surface area contributed by atoms with E-state index in [0.29, 0.717) is 6.04 Å². The van der Waals surface area contributed by atoms with Crippen molar-refractivity contribution in [3.63, 3.8) is 0 Å². The summed E-state index contributed by atoms with van der Waals surface area (Å²) in [4.78, 5) is 6.57. The van der Waals surface area contributed by atoms with E-state index in [4.69, 9.17) is 0 Å². The summed E-state index contributed by atoms with van der Waals surface area (Å²) >= 11 is 0. The van der Waals surface area contributed by atoms with Crippen molar-refractivity contribution in [1.29, 1.82) is 0 Å². The van der Waals surface area contributed by atoms with Crippen LogP contribution in [0.15, 0.2) is 48.8 Å². The fourth-order valence-electron chi connectivity index (χ4n) is 2.30. The Morgan fingerprint density at radius 3 is 2.62 bits per heavy atom. The van der Waals surface area contributed by atoms with Crippen molar-refractivity contribution in [1.82, 2.24) is 10.3 Å². The van der Waals surface area contributed by atoms with E-state index >= 15 is 0 Å². The summed E-state index contributed by atoms with van der Waals surface area (Å²) in [6, 6.07) is 13.2. The van der Waals surface area contributed by atoms with Gasteiger partial charge in [-0.25, -0.2) is 0 Å². The Hall–Kier alpha value is -1.87. The maximum absolute atomic E-state index is 4.26. The molecule has 0 atom stereocenters. The third kappa shape index (κ3) is 4.87. The lowest BCUT2D eigenvalue weighted by atomic mass is 10.1. The summed E-state index contributed by atoms with van der Waals surface area (Å²) < 4.78 is 0. The van der Waals surface area contributed by atoms with E-state index < -0.39 is 0 Å². The predicted octanol–water partition coefficient (Wildman–Crippen LogP) is 3.26. The van der Waals surface area contributed by atoms with E-state index in [1.165, 1.54) is 16.8 Å². The van der Waals surface area contributed by atoms with E-state index in [0.717, 1.165) is 19.5 Å². The number of anilines is 1. The molecule has 3 heteroatoms. The molecule has 1 N–H and O–H groups in total. The second-order valence-corrected chi connectivity index (χ2v) is 5.70. The molecular weight excluding hydrogens is 258 g/mol. The molecule has 0 amide bonds. The number of hydrogen-bond acceptors (Lipinski definition) is 3. The van der Waals surface area contributed by atoms with Crippen molar-refractivity contribution in [2.75, 3.05) is 18.5 Å². The number of rotatable bonds is 7. The summed E-state index contributed by atoms with van der Waals surface area (Å²) in [7, 11) is 2.15. The lowest BCUT2D eigenvalue weighted by Crippen LogP contribution is -2.26. The highest BCUT2D eigenvalue weighted by molar-refractivity contribution is 5.51. The van der Waals surface area contributed by atoms with Gasteiger partial charge in [0.15, 0.2) is 0 Å². The predicted molar refractivity (Wildman–Crippen MR) is 89.6 cm³/mol. The number of benzene rings is 1. The average Bonchev–Trinajstić information content (AvgIpc) is 2.52. The Labute approximate surface area is 128 Å². The van der Waals surface area contributed by atoms with Gasteiger partial charge in [0, 0.05) is 49.8 Å². The second-order valence-electron chi connectivity index (χ2n) is 5.70. The van der Waals surface area contributed by atoms with Crippen molar-refractivity contribution >= 4 is 5.69 Å². The molecule has 0 radical (unpaired) electrons. The van der Waals surface area contributed by atoms with Crippen LogP contribution in [0, 0.1) is 0 Å². The quantitative estimate of drug-likeness (QED) is 0.845. The van der Waals surface area contributed by atoms with Gasteiger partial charge in [-0.05, 0) is 18.1 Å². The summed E-state index contributed by atoms with van der Waals surface area (Å²) in [5, 5.41) is 3.46. The summed E-state index contributed by atoms with van der Waals surface area (Å²) in [5.41, 5.74) is 3.89. The van der Waals surface area contributed by atoms with Crippen LogP contribution in [-0.4, -0.2) is 24.6 Å². The fraction of sp³-hybridized carbons (Fsp3) is 0.389. The Balaban J connectivity index is 1.99. The average molecular weight is 283 g/mol. The first-order chi connectivity index (χ1) is 10.2. The molecule has 0 fully saturated rings. The third-order valence-corrected chi connectivity index (χ3v) is 3.57. The van der Waals surface area contributed by atoms with Gasteiger partial charge in [0.25, 0.3) is 0 Å². The molecule has 0 spiro atoms. The highest BCUT2D eigenvalue weighted by Crippen LogP contribution is 2.18. The molecule has 0 unspecified atom stereocenters. The minimum Gasteiger partial charge on any atom is -0.374 e. The van der Waals surface area contributed by atoms with Gasteiger partial charge in [-0.2, -0.15) is 0 Å². The zero-order valence-corrected chi connectivity index (χ0v) is 13.2. The largest absolute Gasteiger partial charge is 0.374 e. The molecular formula is C18H25N3. The molecule has 2 rings (SSSR count). The van der Waals surface area contributed by atoms with Crippen LogP contribution >= 0.6 is 0 Å². The first-order valence-electron chi connectivity index (χ1n) is 7.58. The topological polar surface area (TPSA) is 28.2 Å². The van der Waals surface area contributed by atoms with Gasteiger partial charge in [-0.3, -0.25) is 4.98 Å². The van der Waals surface area contributed by atoms with E-state index in [1.807, 2.05) is 12.4 Å². The molecule has 2 aromatic rings. The van der Waals surface area contributed by atoms with Crippen molar-refractivity contribution in [3.8, 4) is 0 Å². The molecule has 21 heavy (non-hydrogen) atoms. The Kier molecular flexibility index (Phi) is 5.76. The molecule has 3 nitrogen and oxygen atoms in total. The summed E-state index contributed by atoms with van der Waals surface area (Å²) in [5.74, 6) is 0. The van der Waals surface area contributed by atoms with Gasteiger partial charge in [0.05, 0.1) is 0 Å². The van der Waals surface area contributed by atoms with E-state index in [2.05, 4.69) is 72.5 Å². The number of likely N-dealkylation sites (N-methyl/N-ethyl adjacent to an activating group) is 1. The van der Waals surface area contributed by atoms with Crippen molar-refractivity contribution < 1.29 is 0 Å². The van der Waals surface area contributed by atoms with Gasteiger partial charge in [-0.15, -0.1) is 0 Å². The minimum absolute atomic E-state index is 0.479. The lowest BCUT2D eigenvalue weighted by Gasteiger charge is -2.23. The molecule has 0 bridgehead atoms. The van der Waals surface area contributed by atoms with Crippen LogP contribution in [0.4, 0.5) is 5.69 Å². The molecule has 112 valence electrons. The maximum Gasteiger partial charge on any atom is 0.0440 e. The standard InChI is InChI=1S/C18H25N3/c1-15(2)20-14-17-13-19-11-9-18(17)21(3)12-10-16-7-5-4-6-8-16/h4-9,11,13,15,20H,10,12,14H2,1-3H3. The molecule has 1 aromatic carbocycles. The molecule has 1 heterocycles. The Morgan fingerprint density at radius 2 is 1.90 bits per heavy atom. The smallest absolute Gasteiger partial charge is 0.0440 e. The third-order valence-electron chi connectivity index (χ3n) is 3.57. The highest BCUT2D eigenvalue weighted by atomic mass is 15.1. The van der Waals surface area contributed by atoms with Crippen LogP contribution in [0.3, 0.4) is 0 Å². The van der Waals surface area contributed by atoms with Crippen LogP contribution in [0.2, 0.25) is 0 Å². The normalized spacial score (nSPS) is 10.9. The van der Waals surface area contributed by atoms with Gasteiger partial charge >= 0.3 is 0 Å². The number of pyridine rings is 1. The zero-order valence-electron chi connectivity index (χ0n) is 13.2. The monoisotopic (exact) mass is 283 g/mol. The lowest BCUT2D eigenvalue weighted by molar-refractivity contribution is 0.587.